The van der Waals surface area contributed by atoms with Gasteiger partial charge in [-0.2, -0.15) is 0 Å². The van der Waals surface area contributed by atoms with Crippen molar-refractivity contribution < 1.29 is 4.79 Å². The maximum atomic E-state index is 11.7. The number of rotatable bonds is 3. The highest BCUT2D eigenvalue weighted by Gasteiger charge is 2.34. The van der Waals surface area contributed by atoms with Gasteiger partial charge in [0.15, 0.2) is 0 Å². The Balaban J connectivity index is 0.00000128. The highest BCUT2D eigenvalue weighted by atomic mass is 35.5. The van der Waals surface area contributed by atoms with Gasteiger partial charge in [0.2, 0.25) is 5.91 Å². The summed E-state index contributed by atoms with van der Waals surface area (Å²) >= 11 is 0. The quantitative estimate of drug-likeness (QED) is 0.796. The number of hydrogen-bond donors (Lipinski definition) is 2. The molecule has 1 heterocycles. The maximum Gasteiger partial charge on any atom is 0.220 e. The van der Waals surface area contributed by atoms with Crippen molar-refractivity contribution in [2.45, 2.75) is 45.1 Å². The number of halogens is 1. The minimum atomic E-state index is 0. The van der Waals surface area contributed by atoms with E-state index in [1.54, 1.807) is 0 Å². The lowest BCUT2D eigenvalue weighted by atomic mass is 9.96. The molecule has 4 heteroatoms. The second-order valence-corrected chi connectivity index (χ2v) is 5.14. The molecule has 16 heavy (non-hydrogen) atoms. The largest absolute Gasteiger partial charge is 0.353 e. The minimum absolute atomic E-state index is 0. The van der Waals surface area contributed by atoms with Crippen molar-refractivity contribution in [1.29, 1.82) is 0 Å². The van der Waals surface area contributed by atoms with E-state index in [0.717, 1.165) is 25.9 Å². The van der Waals surface area contributed by atoms with Gasteiger partial charge in [0, 0.05) is 12.5 Å². The van der Waals surface area contributed by atoms with E-state index >= 15 is 0 Å². The topological polar surface area (TPSA) is 41.1 Å². The van der Waals surface area contributed by atoms with Gasteiger partial charge in [-0.3, -0.25) is 4.79 Å². The van der Waals surface area contributed by atoms with Gasteiger partial charge in [-0.25, -0.2) is 0 Å². The lowest BCUT2D eigenvalue weighted by Gasteiger charge is -2.13. The molecule has 3 atom stereocenters. The SMILES string of the molecule is CC1CC1NC(=O)CC1CCCNCC1.Cl. The molecule has 0 aromatic heterocycles. The van der Waals surface area contributed by atoms with Crippen LogP contribution in [0.4, 0.5) is 0 Å². The fourth-order valence-corrected chi connectivity index (χ4v) is 2.35. The summed E-state index contributed by atoms with van der Waals surface area (Å²) in [5.41, 5.74) is 0. The van der Waals surface area contributed by atoms with Gasteiger partial charge in [0.25, 0.3) is 0 Å². The van der Waals surface area contributed by atoms with Crippen LogP contribution < -0.4 is 10.6 Å². The van der Waals surface area contributed by atoms with Gasteiger partial charge in [0.05, 0.1) is 0 Å². The average Bonchev–Trinajstić information content (AvgIpc) is 2.91. The summed E-state index contributed by atoms with van der Waals surface area (Å²) < 4.78 is 0. The van der Waals surface area contributed by atoms with E-state index in [1.165, 1.54) is 19.3 Å². The third-order valence-electron chi connectivity index (χ3n) is 3.63. The van der Waals surface area contributed by atoms with E-state index in [9.17, 15) is 4.79 Å². The van der Waals surface area contributed by atoms with Crippen molar-refractivity contribution >= 4 is 18.3 Å². The Morgan fingerprint density at radius 3 is 2.81 bits per heavy atom. The zero-order valence-electron chi connectivity index (χ0n) is 10.00. The first-order chi connectivity index (χ1) is 7.25. The predicted molar refractivity (Wildman–Crippen MR) is 67.8 cm³/mol. The molecule has 1 saturated carbocycles. The van der Waals surface area contributed by atoms with E-state index in [2.05, 4.69) is 17.6 Å². The highest BCUT2D eigenvalue weighted by Crippen LogP contribution is 2.29. The summed E-state index contributed by atoms with van der Waals surface area (Å²) in [7, 11) is 0. The van der Waals surface area contributed by atoms with Gasteiger partial charge in [-0.15, -0.1) is 12.4 Å². The second kappa shape index (κ2) is 6.45. The van der Waals surface area contributed by atoms with Crippen LogP contribution >= 0.6 is 12.4 Å². The van der Waals surface area contributed by atoms with Crippen molar-refractivity contribution in [2.75, 3.05) is 13.1 Å². The number of hydrogen-bond acceptors (Lipinski definition) is 2. The Hall–Kier alpha value is -0.280. The van der Waals surface area contributed by atoms with E-state index < -0.39 is 0 Å². The third-order valence-corrected chi connectivity index (χ3v) is 3.63. The molecule has 2 rings (SSSR count). The second-order valence-electron chi connectivity index (χ2n) is 5.14. The smallest absolute Gasteiger partial charge is 0.220 e. The molecule has 0 bridgehead atoms. The molecule has 1 amide bonds. The molecule has 2 fully saturated rings. The van der Waals surface area contributed by atoms with E-state index in [0.29, 0.717) is 17.9 Å². The molecule has 1 aliphatic carbocycles. The first-order valence-electron chi connectivity index (χ1n) is 6.26. The lowest BCUT2D eigenvalue weighted by molar-refractivity contribution is -0.122. The van der Waals surface area contributed by atoms with Crippen LogP contribution in [0, 0.1) is 11.8 Å². The van der Waals surface area contributed by atoms with E-state index in [-0.39, 0.29) is 18.3 Å². The monoisotopic (exact) mass is 246 g/mol. The summed E-state index contributed by atoms with van der Waals surface area (Å²) in [5.74, 6) is 1.59. The van der Waals surface area contributed by atoms with Crippen LogP contribution in [0.3, 0.4) is 0 Å². The Morgan fingerprint density at radius 1 is 1.38 bits per heavy atom. The Kier molecular flexibility index (Phi) is 5.56. The van der Waals surface area contributed by atoms with Gasteiger partial charge in [0.1, 0.15) is 0 Å². The Bertz CT molecular complexity index is 227. The highest BCUT2D eigenvalue weighted by molar-refractivity contribution is 5.85. The van der Waals surface area contributed by atoms with Crippen LogP contribution in [0.1, 0.15) is 39.0 Å². The fourth-order valence-electron chi connectivity index (χ4n) is 2.35. The van der Waals surface area contributed by atoms with Gasteiger partial charge in [-0.05, 0) is 50.6 Å². The number of carbonyl (C=O) groups excluding carboxylic acids is 1. The molecule has 3 nitrogen and oxygen atoms in total. The zero-order valence-corrected chi connectivity index (χ0v) is 10.8. The minimum Gasteiger partial charge on any atom is -0.353 e. The summed E-state index contributed by atoms with van der Waals surface area (Å²) in [5, 5.41) is 6.49. The summed E-state index contributed by atoms with van der Waals surface area (Å²) in [6.07, 6.45) is 5.51. The molecule has 0 aromatic carbocycles. The standard InChI is InChI=1S/C12H22N2O.ClH/c1-9-7-11(9)14-12(15)8-10-3-2-5-13-6-4-10;/h9-11,13H,2-8H2,1H3,(H,14,15);1H. The third kappa shape index (κ3) is 4.30. The molecule has 3 unspecified atom stereocenters. The van der Waals surface area contributed by atoms with Crippen molar-refractivity contribution in [2.24, 2.45) is 11.8 Å². The van der Waals surface area contributed by atoms with Gasteiger partial charge in [-0.1, -0.05) is 6.92 Å². The van der Waals surface area contributed by atoms with Gasteiger partial charge >= 0.3 is 0 Å². The van der Waals surface area contributed by atoms with Crippen LogP contribution in [0.15, 0.2) is 0 Å². The maximum absolute atomic E-state index is 11.7. The molecule has 0 aromatic rings. The molecule has 0 spiro atoms. The Morgan fingerprint density at radius 2 is 2.12 bits per heavy atom. The van der Waals surface area contributed by atoms with Crippen LogP contribution in [0.25, 0.3) is 0 Å². The first-order valence-corrected chi connectivity index (χ1v) is 6.26. The summed E-state index contributed by atoms with van der Waals surface area (Å²) in [6.45, 7) is 4.40. The van der Waals surface area contributed by atoms with Crippen molar-refractivity contribution in [3.63, 3.8) is 0 Å². The van der Waals surface area contributed by atoms with Crippen molar-refractivity contribution in [3.8, 4) is 0 Å². The van der Waals surface area contributed by atoms with Crippen LogP contribution in [0.5, 0.6) is 0 Å². The normalized spacial score (nSPS) is 33.4. The number of carbonyl (C=O) groups is 1. The van der Waals surface area contributed by atoms with Crippen LogP contribution in [0.2, 0.25) is 0 Å². The summed E-state index contributed by atoms with van der Waals surface area (Å²) in [4.78, 5) is 11.7. The zero-order chi connectivity index (χ0) is 10.7. The van der Waals surface area contributed by atoms with E-state index in [1.807, 2.05) is 0 Å². The molecule has 94 valence electrons. The molecule has 1 aliphatic heterocycles. The molecule has 0 radical (unpaired) electrons. The fraction of sp³-hybridized carbons (Fsp3) is 0.917. The number of nitrogens with one attached hydrogen (secondary N) is 2. The molecule has 2 N–H and O–H groups in total. The molecule has 1 saturated heterocycles. The number of amides is 1. The molecular weight excluding hydrogens is 224 g/mol. The van der Waals surface area contributed by atoms with Crippen molar-refractivity contribution in [1.82, 2.24) is 10.6 Å². The predicted octanol–water partition coefficient (Wildman–Crippen LogP) is 1.71. The van der Waals surface area contributed by atoms with Crippen molar-refractivity contribution in [3.05, 3.63) is 0 Å². The average molecular weight is 247 g/mol. The van der Waals surface area contributed by atoms with Crippen LogP contribution in [-0.4, -0.2) is 25.0 Å². The first kappa shape index (κ1) is 13.8. The molecule has 2 aliphatic rings. The van der Waals surface area contributed by atoms with E-state index in [4.69, 9.17) is 0 Å². The Labute approximate surface area is 104 Å². The lowest BCUT2D eigenvalue weighted by Crippen LogP contribution is -2.28. The summed E-state index contributed by atoms with van der Waals surface area (Å²) in [6, 6.07) is 0.487. The van der Waals surface area contributed by atoms with Crippen LogP contribution in [-0.2, 0) is 4.79 Å². The molecular formula is C12H23ClN2O. The van der Waals surface area contributed by atoms with Gasteiger partial charge < -0.3 is 10.6 Å².